The van der Waals surface area contributed by atoms with Crippen LogP contribution in [-0.4, -0.2) is 53.1 Å². The quantitative estimate of drug-likeness (QED) is 0.566. The first kappa shape index (κ1) is 20.8. The lowest BCUT2D eigenvalue weighted by Gasteiger charge is -2.20. The number of carbonyl (C=O) groups excluding carboxylic acids is 4. The maximum Gasteiger partial charge on any atom is 0.255 e. The number of benzene rings is 1. The summed E-state index contributed by atoms with van der Waals surface area (Å²) >= 11 is 0. The fraction of sp³-hybridized carbons (Fsp3) is 0.455. The van der Waals surface area contributed by atoms with Crippen molar-refractivity contribution in [1.82, 2.24) is 9.80 Å². The van der Waals surface area contributed by atoms with E-state index in [2.05, 4.69) is 5.32 Å². The average Bonchev–Trinajstić information content (AvgIpc) is 2.98. The Morgan fingerprint density at radius 3 is 2.21 bits per heavy atom. The van der Waals surface area contributed by atoms with Gasteiger partial charge in [-0.2, -0.15) is 0 Å². The number of imide groups is 1. The highest BCUT2D eigenvalue weighted by atomic mass is 16.2. The van der Waals surface area contributed by atoms with E-state index in [0.29, 0.717) is 37.2 Å². The second-order valence-corrected chi connectivity index (χ2v) is 7.31. The molecule has 1 aromatic carbocycles. The molecule has 0 spiro atoms. The molecule has 1 aliphatic heterocycles. The van der Waals surface area contributed by atoms with E-state index in [4.69, 9.17) is 0 Å². The predicted molar refractivity (Wildman–Crippen MR) is 109 cm³/mol. The Labute approximate surface area is 170 Å². The van der Waals surface area contributed by atoms with Crippen molar-refractivity contribution in [1.29, 1.82) is 0 Å². The van der Waals surface area contributed by atoms with Gasteiger partial charge >= 0.3 is 0 Å². The van der Waals surface area contributed by atoms with Gasteiger partial charge in [0.05, 0.1) is 23.1 Å². The van der Waals surface area contributed by atoms with Crippen molar-refractivity contribution in [2.45, 2.75) is 33.1 Å². The second kappa shape index (κ2) is 9.03. The minimum atomic E-state index is -0.335. The molecule has 0 saturated carbocycles. The van der Waals surface area contributed by atoms with Gasteiger partial charge in [0.1, 0.15) is 0 Å². The van der Waals surface area contributed by atoms with Gasteiger partial charge in [0, 0.05) is 26.1 Å². The summed E-state index contributed by atoms with van der Waals surface area (Å²) in [6, 6.07) is 6.87. The number of nitrogens with one attached hydrogen (secondary N) is 1. The minimum absolute atomic E-state index is 0.00184. The summed E-state index contributed by atoms with van der Waals surface area (Å²) in [5, 5.41) is 2.76. The Bertz CT molecular complexity index is 818. The number of allylic oxidation sites excluding steroid dienone is 2. The fourth-order valence-electron chi connectivity index (χ4n) is 3.98. The third kappa shape index (κ3) is 4.23. The first-order chi connectivity index (χ1) is 14.0. The first-order valence-electron chi connectivity index (χ1n) is 10.2. The zero-order chi connectivity index (χ0) is 21.0. The predicted octanol–water partition coefficient (Wildman–Crippen LogP) is 2.45. The highest BCUT2D eigenvalue weighted by Crippen LogP contribution is 2.35. The number of nitrogens with zero attached hydrogens (tertiary/aromatic N) is 2. The van der Waals surface area contributed by atoms with Crippen LogP contribution in [0.4, 0.5) is 5.69 Å². The molecule has 29 heavy (non-hydrogen) atoms. The van der Waals surface area contributed by atoms with Crippen LogP contribution in [0.3, 0.4) is 0 Å². The van der Waals surface area contributed by atoms with Crippen LogP contribution in [0.2, 0.25) is 0 Å². The topological polar surface area (TPSA) is 86.8 Å². The van der Waals surface area contributed by atoms with Crippen LogP contribution >= 0.6 is 0 Å². The average molecular weight is 397 g/mol. The first-order valence-corrected chi connectivity index (χ1v) is 10.2. The molecule has 0 aromatic heterocycles. The molecule has 7 nitrogen and oxygen atoms in total. The Morgan fingerprint density at radius 2 is 1.62 bits per heavy atom. The highest BCUT2D eigenvalue weighted by Gasteiger charge is 2.46. The summed E-state index contributed by atoms with van der Waals surface area (Å²) in [6.45, 7) is 5.02. The third-order valence-electron chi connectivity index (χ3n) is 5.64. The molecular formula is C22H27N3O4. The molecule has 0 radical (unpaired) electrons. The number of hydrogen-bond donors (Lipinski definition) is 1. The van der Waals surface area contributed by atoms with E-state index in [-0.39, 0.29) is 48.4 Å². The molecule has 1 aliphatic carbocycles. The van der Waals surface area contributed by atoms with Crippen molar-refractivity contribution in [2.75, 3.05) is 25.0 Å². The lowest BCUT2D eigenvalue weighted by Crippen LogP contribution is -2.34. The van der Waals surface area contributed by atoms with Gasteiger partial charge in [-0.15, -0.1) is 0 Å². The van der Waals surface area contributed by atoms with E-state index < -0.39 is 0 Å². The molecule has 1 fully saturated rings. The molecule has 2 atom stereocenters. The summed E-state index contributed by atoms with van der Waals surface area (Å²) < 4.78 is 0. The van der Waals surface area contributed by atoms with E-state index in [1.54, 1.807) is 29.2 Å². The molecule has 1 saturated heterocycles. The van der Waals surface area contributed by atoms with Crippen LogP contribution < -0.4 is 5.32 Å². The Kier molecular flexibility index (Phi) is 6.46. The van der Waals surface area contributed by atoms with E-state index in [9.17, 15) is 19.2 Å². The number of amides is 4. The van der Waals surface area contributed by atoms with E-state index in [0.717, 1.165) is 0 Å². The number of hydrogen-bond acceptors (Lipinski definition) is 4. The number of anilines is 1. The van der Waals surface area contributed by atoms with E-state index in [1.807, 2.05) is 26.0 Å². The normalized spacial score (nSPS) is 20.6. The van der Waals surface area contributed by atoms with Gasteiger partial charge in [-0.05, 0) is 38.8 Å². The van der Waals surface area contributed by atoms with Gasteiger partial charge in [0.2, 0.25) is 17.7 Å². The molecule has 1 heterocycles. The summed E-state index contributed by atoms with van der Waals surface area (Å²) in [5.41, 5.74) is 0.862. The molecule has 2 aliphatic rings. The lowest BCUT2D eigenvalue weighted by atomic mass is 9.85. The zero-order valence-electron chi connectivity index (χ0n) is 16.9. The van der Waals surface area contributed by atoms with Crippen molar-refractivity contribution in [3.8, 4) is 0 Å². The van der Waals surface area contributed by atoms with Crippen molar-refractivity contribution in [2.24, 2.45) is 11.8 Å². The molecule has 7 heteroatoms. The number of para-hydroxylation sites is 1. The molecule has 1 aromatic rings. The molecule has 154 valence electrons. The Balaban J connectivity index is 1.63. The Hall–Kier alpha value is -2.96. The van der Waals surface area contributed by atoms with Crippen molar-refractivity contribution in [3.05, 3.63) is 42.0 Å². The summed E-state index contributed by atoms with van der Waals surface area (Å²) in [7, 11) is 0. The minimum Gasteiger partial charge on any atom is -0.339 e. The second-order valence-electron chi connectivity index (χ2n) is 7.31. The molecule has 0 unspecified atom stereocenters. The van der Waals surface area contributed by atoms with Crippen LogP contribution in [0.5, 0.6) is 0 Å². The molecule has 0 bridgehead atoms. The number of rotatable bonds is 7. The molecule has 1 N–H and O–H groups in total. The van der Waals surface area contributed by atoms with Crippen molar-refractivity contribution in [3.63, 3.8) is 0 Å². The Morgan fingerprint density at radius 1 is 1.03 bits per heavy atom. The molecule has 4 amide bonds. The van der Waals surface area contributed by atoms with Gasteiger partial charge in [-0.25, -0.2) is 0 Å². The number of fused-ring (bicyclic) bond motifs is 1. The van der Waals surface area contributed by atoms with Crippen molar-refractivity contribution >= 4 is 29.3 Å². The largest absolute Gasteiger partial charge is 0.339 e. The van der Waals surface area contributed by atoms with Gasteiger partial charge in [0.25, 0.3) is 5.91 Å². The van der Waals surface area contributed by atoms with Crippen LogP contribution in [0.15, 0.2) is 36.4 Å². The van der Waals surface area contributed by atoms with Gasteiger partial charge < -0.3 is 10.2 Å². The van der Waals surface area contributed by atoms with Crippen LogP contribution in [0.1, 0.15) is 43.5 Å². The lowest BCUT2D eigenvalue weighted by molar-refractivity contribution is -0.140. The van der Waals surface area contributed by atoms with Crippen molar-refractivity contribution < 1.29 is 19.2 Å². The summed E-state index contributed by atoms with van der Waals surface area (Å²) in [6.07, 6.45) is 5.04. The van der Waals surface area contributed by atoms with Gasteiger partial charge in [-0.1, -0.05) is 24.3 Å². The van der Waals surface area contributed by atoms with E-state index in [1.165, 1.54) is 4.90 Å². The van der Waals surface area contributed by atoms with Gasteiger partial charge in [0.15, 0.2) is 0 Å². The highest BCUT2D eigenvalue weighted by molar-refractivity contribution is 6.06. The van der Waals surface area contributed by atoms with Crippen LogP contribution in [0.25, 0.3) is 0 Å². The summed E-state index contributed by atoms with van der Waals surface area (Å²) in [5.74, 6) is -1.43. The van der Waals surface area contributed by atoms with Crippen LogP contribution in [0, 0.1) is 11.8 Å². The van der Waals surface area contributed by atoms with Gasteiger partial charge in [-0.3, -0.25) is 24.1 Å². The summed E-state index contributed by atoms with van der Waals surface area (Å²) in [4.78, 5) is 53.1. The maximum atomic E-state index is 12.7. The number of carbonyl (C=O) groups is 4. The fourth-order valence-corrected chi connectivity index (χ4v) is 3.98. The monoisotopic (exact) mass is 397 g/mol. The SMILES string of the molecule is CCN(CC)C(=O)c1ccccc1NC(=O)CCN1C(=O)[C@H]2CC=CC[C@H]2C1=O. The van der Waals surface area contributed by atoms with E-state index >= 15 is 0 Å². The maximum absolute atomic E-state index is 12.7. The molecular weight excluding hydrogens is 370 g/mol. The zero-order valence-corrected chi connectivity index (χ0v) is 16.9. The van der Waals surface area contributed by atoms with Crippen LogP contribution in [-0.2, 0) is 14.4 Å². The smallest absolute Gasteiger partial charge is 0.255 e. The number of likely N-dealkylation sites (tertiary alicyclic amines) is 1. The third-order valence-corrected chi connectivity index (χ3v) is 5.64. The standard InChI is InChI=1S/C22H27N3O4/c1-3-24(4-2)20(27)17-11-7-8-12-18(17)23-19(26)13-14-25-21(28)15-9-5-6-10-16(15)22(25)29/h5-8,11-12,15-16H,3-4,9-10,13-14H2,1-2H3,(H,23,26)/t15-,16+. The molecule has 3 rings (SSSR count).